The first kappa shape index (κ1) is 15.0. The predicted octanol–water partition coefficient (Wildman–Crippen LogP) is 4.48. The number of hydrogen-bond donors (Lipinski definition) is 0. The molecule has 1 aromatic carbocycles. The summed E-state index contributed by atoms with van der Waals surface area (Å²) >= 11 is 3.61. The topological polar surface area (TPSA) is 41.9 Å². The van der Waals surface area contributed by atoms with E-state index in [2.05, 4.69) is 46.3 Å². The second-order valence-corrected chi connectivity index (χ2v) is 8.11. The van der Waals surface area contributed by atoms with Crippen LogP contribution in [0, 0.1) is 0 Å². The van der Waals surface area contributed by atoms with Gasteiger partial charge in [-0.15, -0.1) is 21.5 Å². The second-order valence-electron chi connectivity index (χ2n) is 6.01. The van der Waals surface area contributed by atoms with Crippen LogP contribution in [0.2, 0.25) is 0 Å². The first-order valence-electron chi connectivity index (χ1n) is 8.26. The Morgan fingerprint density at radius 1 is 1.13 bits per heavy atom. The minimum Gasteiger partial charge on any atom is -0.347 e. The van der Waals surface area contributed by atoms with Gasteiger partial charge in [0.1, 0.15) is 5.01 Å². The number of aromatic nitrogens is 3. The van der Waals surface area contributed by atoms with Crippen LogP contribution in [0.5, 0.6) is 0 Å². The Kier molecular flexibility index (Phi) is 4.27. The molecule has 4 nitrogen and oxygen atoms in total. The minimum absolute atomic E-state index is 0.590. The molecule has 2 aromatic heterocycles. The Morgan fingerprint density at radius 2 is 1.96 bits per heavy atom. The molecule has 0 bridgehead atoms. The molecule has 0 saturated carbocycles. The Balaban J connectivity index is 1.43. The maximum absolute atomic E-state index is 4.84. The summed E-state index contributed by atoms with van der Waals surface area (Å²) in [7, 11) is 0. The number of nitrogens with zero attached hydrogens (tertiary/aromatic N) is 4. The molecule has 1 aliphatic rings. The molecule has 1 saturated heterocycles. The SMILES string of the molecule is CCCc1nnc(N2CCC(c3nc4ccccc4s3)CC2)s1. The van der Waals surface area contributed by atoms with E-state index in [9.17, 15) is 0 Å². The first-order valence-corrected chi connectivity index (χ1v) is 9.89. The molecule has 1 fully saturated rings. The Bertz CT molecular complexity index is 754. The summed E-state index contributed by atoms with van der Waals surface area (Å²) < 4.78 is 1.30. The van der Waals surface area contributed by atoms with Gasteiger partial charge in [0.25, 0.3) is 0 Å². The Morgan fingerprint density at radius 3 is 2.74 bits per heavy atom. The molecule has 3 heterocycles. The highest BCUT2D eigenvalue weighted by atomic mass is 32.1. The Hall–Kier alpha value is -1.53. The summed E-state index contributed by atoms with van der Waals surface area (Å²) in [5.74, 6) is 0.590. The van der Waals surface area contributed by atoms with Gasteiger partial charge in [0.05, 0.1) is 15.2 Å². The first-order chi connectivity index (χ1) is 11.3. The van der Waals surface area contributed by atoms with Gasteiger partial charge in [-0.3, -0.25) is 0 Å². The van der Waals surface area contributed by atoms with Crippen molar-refractivity contribution in [3.8, 4) is 0 Å². The summed E-state index contributed by atoms with van der Waals surface area (Å²) in [6.45, 7) is 4.30. The molecule has 23 heavy (non-hydrogen) atoms. The van der Waals surface area contributed by atoms with Crippen molar-refractivity contribution >= 4 is 38.0 Å². The van der Waals surface area contributed by atoms with Gasteiger partial charge in [-0.2, -0.15) is 0 Å². The standard InChI is InChI=1S/C17H20N4S2/c1-2-5-15-19-20-17(23-15)21-10-8-12(9-11-21)16-18-13-6-3-4-7-14(13)22-16/h3-4,6-7,12H,2,5,8-11H2,1H3. The van der Waals surface area contributed by atoms with Crippen LogP contribution in [0.25, 0.3) is 10.2 Å². The van der Waals surface area contributed by atoms with Gasteiger partial charge >= 0.3 is 0 Å². The highest BCUT2D eigenvalue weighted by Crippen LogP contribution is 2.35. The summed E-state index contributed by atoms with van der Waals surface area (Å²) in [5, 5.41) is 12.2. The highest BCUT2D eigenvalue weighted by molar-refractivity contribution is 7.18. The van der Waals surface area contributed by atoms with Crippen LogP contribution in [0.3, 0.4) is 0 Å². The number of hydrogen-bond acceptors (Lipinski definition) is 6. The molecule has 0 radical (unpaired) electrons. The largest absolute Gasteiger partial charge is 0.347 e. The smallest absolute Gasteiger partial charge is 0.208 e. The molecule has 120 valence electrons. The molecule has 4 rings (SSSR count). The van der Waals surface area contributed by atoms with Crippen LogP contribution >= 0.6 is 22.7 Å². The molecule has 0 aliphatic carbocycles. The number of thiazole rings is 1. The normalized spacial score (nSPS) is 16.3. The third-order valence-corrected chi connectivity index (χ3v) is 6.59. The monoisotopic (exact) mass is 344 g/mol. The number of aryl methyl sites for hydroxylation is 1. The fraction of sp³-hybridized carbons (Fsp3) is 0.471. The van der Waals surface area contributed by atoms with Crippen LogP contribution in [0.1, 0.15) is 42.1 Å². The van der Waals surface area contributed by atoms with Crippen molar-refractivity contribution < 1.29 is 0 Å². The summed E-state index contributed by atoms with van der Waals surface area (Å²) in [6.07, 6.45) is 4.49. The van der Waals surface area contributed by atoms with E-state index in [1.807, 2.05) is 11.3 Å². The van der Waals surface area contributed by atoms with Crippen molar-refractivity contribution in [2.45, 2.75) is 38.5 Å². The summed E-state index contributed by atoms with van der Waals surface area (Å²) in [4.78, 5) is 7.23. The third kappa shape index (κ3) is 3.10. The van der Waals surface area contributed by atoms with Crippen LogP contribution < -0.4 is 4.90 Å². The average molecular weight is 345 g/mol. The lowest BCUT2D eigenvalue weighted by atomic mass is 9.98. The van der Waals surface area contributed by atoms with Gasteiger partial charge < -0.3 is 4.90 Å². The average Bonchev–Trinajstić information content (AvgIpc) is 3.22. The lowest BCUT2D eigenvalue weighted by Crippen LogP contribution is -2.32. The second kappa shape index (κ2) is 6.53. The van der Waals surface area contributed by atoms with Gasteiger partial charge in [-0.05, 0) is 31.4 Å². The molecule has 0 amide bonds. The van der Waals surface area contributed by atoms with E-state index in [4.69, 9.17) is 4.98 Å². The number of fused-ring (bicyclic) bond motifs is 1. The van der Waals surface area contributed by atoms with E-state index in [1.165, 1.54) is 9.71 Å². The zero-order chi connectivity index (χ0) is 15.6. The lowest BCUT2D eigenvalue weighted by molar-refractivity contribution is 0.503. The number of anilines is 1. The van der Waals surface area contributed by atoms with Gasteiger partial charge in [-0.25, -0.2) is 4.98 Å². The molecule has 6 heteroatoms. The van der Waals surface area contributed by atoms with E-state index < -0.39 is 0 Å². The van der Waals surface area contributed by atoms with Gasteiger partial charge in [0.15, 0.2) is 0 Å². The van der Waals surface area contributed by atoms with Crippen molar-refractivity contribution in [3.63, 3.8) is 0 Å². The van der Waals surface area contributed by atoms with Crippen molar-refractivity contribution in [3.05, 3.63) is 34.3 Å². The summed E-state index contributed by atoms with van der Waals surface area (Å²) in [6, 6.07) is 8.44. The van der Waals surface area contributed by atoms with Crippen molar-refractivity contribution in [2.24, 2.45) is 0 Å². The van der Waals surface area contributed by atoms with Crippen LogP contribution in [-0.4, -0.2) is 28.3 Å². The number of piperidine rings is 1. The van der Waals surface area contributed by atoms with Crippen molar-refractivity contribution in [1.82, 2.24) is 15.2 Å². The zero-order valence-electron chi connectivity index (χ0n) is 13.2. The van der Waals surface area contributed by atoms with Crippen LogP contribution in [0.15, 0.2) is 24.3 Å². The van der Waals surface area contributed by atoms with Crippen LogP contribution in [0.4, 0.5) is 5.13 Å². The molecule has 0 atom stereocenters. The quantitative estimate of drug-likeness (QED) is 0.699. The lowest BCUT2D eigenvalue weighted by Gasteiger charge is -2.30. The molecule has 0 spiro atoms. The molecule has 1 aliphatic heterocycles. The highest BCUT2D eigenvalue weighted by Gasteiger charge is 2.25. The van der Waals surface area contributed by atoms with E-state index in [0.717, 1.165) is 54.4 Å². The minimum atomic E-state index is 0.590. The molecular weight excluding hydrogens is 324 g/mol. The summed E-state index contributed by atoms with van der Waals surface area (Å²) in [5.41, 5.74) is 1.14. The zero-order valence-corrected chi connectivity index (χ0v) is 14.9. The third-order valence-electron chi connectivity index (χ3n) is 4.35. The van der Waals surface area contributed by atoms with Crippen molar-refractivity contribution in [2.75, 3.05) is 18.0 Å². The van der Waals surface area contributed by atoms with E-state index in [1.54, 1.807) is 11.3 Å². The predicted molar refractivity (Wildman–Crippen MR) is 97.7 cm³/mol. The number of para-hydroxylation sites is 1. The van der Waals surface area contributed by atoms with Gasteiger partial charge in [0, 0.05) is 25.4 Å². The fourth-order valence-corrected chi connectivity index (χ4v) is 5.20. The van der Waals surface area contributed by atoms with Crippen LogP contribution in [-0.2, 0) is 6.42 Å². The van der Waals surface area contributed by atoms with Gasteiger partial charge in [0.2, 0.25) is 5.13 Å². The van der Waals surface area contributed by atoms with Gasteiger partial charge in [-0.1, -0.05) is 30.4 Å². The van der Waals surface area contributed by atoms with E-state index in [0.29, 0.717) is 5.92 Å². The molecule has 0 N–H and O–H groups in total. The maximum atomic E-state index is 4.84. The van der Waals surface area contributed by atoms with Crippen molar-refractivity contribution in [1.29, 1.82) is 0 Å². The number of rotatable bonds is 4. The van der Waals surface area contributed by atoms with E-state index >= 15 is 0 Å². The maximum Gasteiger partial charge on any atom is 0.208 e. The van der Waals surface area contributed by atoms with E-state index in [-0.39, 0.29) is 0 Å². The Labute approximate surface area is 144 Å². The fourth-order valence-electron chi connectivity index (χ4n) is 3.07. The molecule has 0 unspecified atom stereocenters. The number of benzene rings is 1. The molecular formula is C17H20N4S2. The molecule has 3 aromatic rings.